The van der Waals surface area contributed by atoms with Gasteiger partial charge in [0.1, 0.15) is 5.82 Å². The zero-order valence-electron chi connectivity index (χ0n) is 15.4. The average molecular weight is 395 g/mol. The van der Waals surface area contributed by atoms with Crippen LogP contribution in [-0.4, -0.2) is 37.8 Å². The molecule has 1 aliphatic heterocycles. The molecule has 4 rings (SSSR count). The summed E-state index contributed by atoms with van der Waals surface area (Å²) < 4.78 is 40.4. The second-order valence-electron chi connectivity index (χ2n) is 8.31. The first-order valence-electron chi connectivity index (χ1n) is 9.94. The molecular formula is C20H27FN2O3S. The van der Waals surface area contributed by atoms with E-state index in [0.29, 0.717) is 37.9 Å². The number of benzene rings is 1. The Morgan fingerprint density at radius 1 is 1.11 bits per heavy atom. The Labute approximate surface area is 160 Å². The van der Waals surface area contributed by atoms with E-state index in [1.165, 1.54) is 35.7 Å². The van der Waals surface area contributed by atoms with Gasteiger partial charge >= 0.3 is 0 Å². The first-order chi connectivity index (χ1) is 12.9. The Morgan fingerprint density at radius 3 is 2.48 bits per heavy atom. The fraction of sp³-hybridized carbons (Fsp3) is 0.650. The van der Waals surface area contributed by atoms with Gasteiger partial charge in [-0.15, -0.1) is 0 Å². The van der Waals surface area contributed by atoms with Crippen LogP contribution >= 0.6 is 0 Å². The van der Waals surface area contributed by atoms with Gasteiger partial charge < -0.3 is 5.32 Å². The zero-order valence-corrected chi connectivity index (χ0v) is 16.3. The molecule has 2 saturated carbocycles. The quantitative estimate of drug-likeness (QED) is 0.835. The van der Waals surface area contributed by atoms with E-state index in [4.69, 9.17) is 0 Å². The fourth-order valence-electron chi connectivity index (χ4n) is 5.02. The first-order valence-corrected chi connectivity index (χ1v) is 11.5. The van der Waals surface area contributed by atoms with Crippen molar-refractivity contribution in [1.29, 1.82) is 0 Å². The Bertz CT molecular complexity index is 805. The number of nitrogens with zero attached hydrogens (tertiary/aromatic N) is 1. The number of fused-ring (bicyclic) bond motifs is 2. The molecule has 3 atom stereocenters. The minimum Gasteiger partial charge on any atom is -0.353 e. The van der Waals surface area contributed by atoms with Crippen LogP contribution in [0, 0.1) is 23.6 Å². The predicted octanol–water partition coefficient (Wildman–Crippen LogP) is 2.67. The van der Waals surface area contributed by atoms with Gasteiger partial charge in [0.2, 0.25) is 15.9 Å². The van der Waals surface area contributed by atoms with Crippen molar-refractivity contribution in [3.8, 4) is 0 Å². The predicted molar refractivity (Wildman–Crippen MR) is 101 cm³/mol. The minimum atomic E-state index is -3.58. The van der Waals surface area contributed by atoms with Crippen LogP contribution in [0.25, 0.3) is 0 Å². The monoisotopic (exact) mass is 394 g/mol. The lowest BCUT2D eigenvalue weighted by Crippen LogP contribution is -2.46. The number of rotatable bonds is 5. The minimum absolute atomic E-state index is 0.0821. The summed E-state index contributed by atoms with van der Waals surface area (Å²) in [6, 6.07) is 6.28. The molecule has 1 N–H and O–H groups in total. The number of carbonyl (C=O) groups excluding carboxylic acids is 1. The van der Waals surface area contributed by atoms with E-state index in [1.54, 1.807) is 12.1 Å². The highest BCUT2D eigenvalue weighted by molar-refractivity contribution is 7.88. The van der Waals surface area contributed by atoms with Gasteiger partial charge in [0.15, 0.2) is 0 Å². The second-order valence-corrected chi connectivity index (χ2v) is 10.3. The number of nitrogens with one attached hydrogen (secondary N) is 1. The van der Waals surface area contributed by atoms with Crippen molar-refractivity contribution in [3.63, 3.8) is 0 Å². The Kier molecular flexibility index (Phi) is 5.25. The molecule has 0 aromatic heterocycles. The van der Waals surface area contributed by atoms with Crippen LogP contribution < -0.4 is 5.32 Å². The summed E-state index contributed by atoms with van der Waals surface area (Å²) in [5.41, 5.74) is 0.189. The van der Waals surface area contributed by atoms with Gasteiger partial charge in [0.05, 0.1) is 5.75 Å². The number of sulfonamides is 1. The van der Waals surface area contributed by atoms with E-state index in [2.05, 4.69) is 5.32 Å². The highest BCUT2D eigenvalue weighted by Crippen LogP contribution is 2.44. The summed E-state index contributed by atoms with van der Waals surface area (Å²) in [6.45, 7) is 0.650. The van der Waals surface area contributed by atoms with Crippen molar-refractivity contribution >= 4 is 15.9 Å². The van der Waals surface area contributed by atoms with Crippen molar-refractivity contribution in [1.82, 2.24) is 9.62 Å². The lowest BCUT2D eigenvalue weighted by atomic mass is 9.93. The van der Waals surface area contributed by atoms with Crippen LogP contribution in [0.2, 0.25) is 0 Å². The molecule has 1 aromatic carbocycles. The number of amides is 1. The van der Waals surface area contributed by atoms with Gasteiger partial charge in [-0.3, -0.25) is 4.79 Å². The third-order valence-electron chi connectivity index (χ3n) is 6.58. The lowest BCUT2D eigenvalue weighted by molar-refractivity contribution is -0.127. The van der Waals surface area contributed by atoms with Crippen LogP contribution in [0.15, 0.2) is 24.3 Å². The number of halogens is 1. The Morgan fingerprint density at radius 2 is 1.85 bits per heavy atom. The maximum Gasteiger partial charge on any atom is 0.223 e. The molecule has 148 valence electrons. The molecule has 0 spiro atoms. The number of carbonyl (C=O) groups is 1. The summed E-state index contributed by atoms with van der Waals surface area (Å²) in [5, 5.41) is 3.22. The molecular weight excluding hydrogens is 367 g/mol. The molecule has 3 unspecified atom stereocenters. The smallest absolute Gasteiger partial charge is 0.223 e. The number of hydrogen-bond donors (Lipinski definition) is 1. The van der Waals surface area contributed by atoms with Gasteiger partial charge in [-0.25, -0.2) is 17.1 Å². The summed E-state index contributed by atoms with van der Waals surface area (Å²) >= 11 is 0. The molecule has 1 saturated heterocycles. The molecule has 3 fully saturated rings. The van der Waals surface area contributed by atoms with Crippen molar-refractivity contribution < 1.29 is 17.6 Å². The van der Waals surface area contributed by atoms with Crippen molar-refractivity contribution in [2.75, 3.05) is 13.1 Å². The molecule has 1 aromatic rings. The first kappa shape index (κ1) is 18.9. The van der Waals surface area contributed by atoms with Crippen LogP contribution in [0.3, 0.4) is 0 Å². The van der Waals surface area contributed by atoms with Crippen molar-refractivity contribution in [2.45, 2.75) is 50.3 Å². The van der Waals surface area contributed by atoms with Crippen LogP contribution in [0.1, 0.15) is 44.1 Å². The molecule has 7 heteroatoms. The molecule has 27 heavy (non-hydrogen) atoms. The van der Waals surface area contributed by atoms with E-state index in [9.17, 15) is 17.6 Å². The van der Waals surface area contributed by atoms with Crippen molar-refractivity contribution in [2.24, 2.45) is 17.8 Å². The maximum atomic E-state index is 13.8. The lowest BCUT2D eigenvalue weighted by Gasteiger charge is -2.32. The summed E-state index contributed by atoms with van der Waals surface area (Å²) in [7, 11) is -3.58. The van der Waals surface area contributed by atoms with Gasteiger partial charge in [0, 0.05) is 30.6 Å². The van der Waals surface area contributed by atoms with Gasteiger partial charge in [-0.1, -0.05) is 24.6 Å². The Hall–Kier alpha value is -1.47. The average Bonchev–Trinajstić information content (AvgIpc) is 3.27. The third-order valence-corrected chi connectivity index (χ3v) is 8.41. The standard InChI is InChI=1S/C20H27FN2O3S/c21-18-4-2-1-3-17(18)13-27(25,26)23-9-7-15(8-10-23)20(24)22-19-12-14-5-6-16(19)11-14/h1-4,14-16,19H,5-13H2,(H,22,24). The fourth-order valence-corrected chi connectivity index (χ4v) is 6.60. The highest BCUT2D eigenvalue weighted by atomic mass is 32.2. The summed E-state index contributed by atoms with van der Waals surface area (Å²) in [6.07, 6.45) is 5.94. The molecule has 3 aliphatic rings. The largest absolute Gasteiger partial charge is 0.353 e. The van der Waals surface area contributed by atoms with Gasteiger partial charge in [-0.05, 0) is 50.0 Å². The van der Waals surface area contributed by atoms with Crippen LogP contribution in [-0.2, 0) is 20.6 Å². The van der Waals surface area contributed by atoms with Crippen LogP contribution in [0.4, 0.5) is 4.39 Å². The van der Waals surface area contributed by atoms with E-state index >= 15 is 0 Å². The van der Waals surface area contributed by atoms with Gasteiger partial charge in [-0.2, -0.15) is 0 Å². The molecule has 5 nitrogen and oxygen atoms in total. The van der Waals surface area contributed by atoms with E-state index in [1.807, 2.05) is 0 Å². The van der Waals surface area contributed by atoms with E-state index < -0.39 is 15.8 Å². The molecule has 2 aliphatic carbocycles. The summed E-state index contributed by atoms with van der Waals surface area (Å²) in [4.78, 5) is 12.6. The van der Waals surface area contributed by atoms with E-state index in [0.717, 1.165) is 12.3 Å². The Balaban J connectivity index is 1.30. The number of piperidine rings is 1. The van der Waals surface area contributed by atoms with Crippen molar-refractivity contribution in [3.05, 3.63) is 35.6 Å². The number of hydrogen-bond acceptors (Lipinski definition) is 3. The molecule has 2 bridgehead atoms. The SMILES string of the molecule is O=C(NC1CC2CCC1C2)C1CCN(S(=O)(=O)Cc2ccccc2F)CC1. The molecule has 0 radical (unpaired) electrons. The normalized spacial score (nSPS) is 29.1. The molecule has 1 heterocycles. The highest BCUT2D eigenvalue weighted by Gasteiger charge is 2.41. The second kappa shape index (κ2) is 7.51. The van der Waals surface area contributed by atoms with Gasteiger partial charge in [0.25, 0.3) is 0 Å². The van der Waals surface area contributed by atoms with E-state index in [-0.39, 0.29) is 23.1 Å². The third kappa shape index (κ3) is 4.04. The molecule has 1 amide bonds. The zero-order chi connectivity index (χ0) is 19.0. The van der Waals surface area contributed by atoms with Crippen LogP contribution in [0.5, 0.6) is 0 Å². The summed E-state index contributed by atoms with van der Waals surface area (Å²) in [5.74, 6) is 0.552. The maximum absolute atomic E-state index is 13.8. The topological polar surface area (TPSA) is 66.5 Å².